The normalized spacial score (nSPS) is 17.3. The minimum atomic E-state index is -1.11. The molecule has 2 aromatic rings. The van der Waals surface area contributed by atoms with Crippen molar-refractivity contribution in [1.82, 2.24) is 0 Å². The number of carboxylic acids is 1. The zero-order valence-corrected chi connectivity index (χ0v) is 15.7. The second-order valence-corrected chi connectivity index (χ2v) is 7.16. The van der Waals surface area contributed by atoms with E-state index in [0.717, 1.165) is 16.7 Å². The van der Waals surface area contributed by atoms with E-state index in [1.54, 1.807) is 12.1 Å². The maximum Gasteiger partial charge on any atom is 0.335 e. The molecule has 8 nitrogen and oxygen atoms in total. The van der Waals surface area contributed by atoms with Gasteiger partial charge in [-0.3, -0.25) is 9.59 Å². The van der Waals surface area contributed by atoms with Crippen molar-refractivity contribution in [3.8, 4) is 0 Å². The number of aromatic carboxylic acids is 1. The van der Waals surface area contributed by atoms with E-state index in [1.807, 2.05) is 0 Å². The first-order valence-electron chi connectivity index (χ1n) is 8.34. The number of imide groups is 1. The highest BCUT2D eigenvalue weighted by Crippen LogP contribution is 2.29. The molecule has 0 aliphatic carbocycles. The number of nitrogens with two attached hydrogens (primary N) is 1. The molecule has 0 spiro atoms. The SMILES string of the molecule is NC(=N/N=C/c1ccccc1F)SC1CC(=O)N(c2ccc(C(=O)O)cc2)C1=O. The van der Waals surface area contributed by atoms with Gasteiger partial charge in [0.15, 0.2) is 5.17 Å². The summed E-state index contributed by atoms with van der Waals surface area (Å²) in [5.74, 6) is -2.49. The number of nitrogens with zero attached hydrogens (tertiary/aromatic N) is 3. The van der Waals surface area contributed by atoms with Crippen molar-refractivity contribution in [1.29, 1.82) is 0 Å². The molecule has 2 aromatic carbocycles. The summed E-state index contributed by atoms with van der Waals surface area (Å²) in [5, 5.41) is 15.5. The van der Waals surface area contributed by atoms with Gasteiger partial charge < -0.3 is 10.8 Å². The van der Waals surface area contributed by atoms with Gasteiger partial charge in [-0.25, -0.2) is 14.1 Å². The van der Waals surface area contributed by atoms with Crippen LogP contribution in [-0.4, -0.2) is 39.5 Å². The van der Waals surface area contributed by atoms with Crippen LogP contribution in [0.5, 0.6) is 0 Å². The number of rotatable bonds is 5. The zero-order valence-electron chi connectivity index (χ0n) is 14.9. The molecule has 0 aromatic heterocycles. The van der Waals surface area contributed by atoms with Crippen LogP contribution in [0.25, 0.3) is 0 Å². The summed E-state index contributed by atoms with van der Waals surface area (Å²) in [6, 6.07) is 11.4. The smallest absolute Gasteiger partial charge is 0.335 e. The fourth-order valence-corrected chi connectivity index (χ4v) is 3.44. The third-order valence-electron chi connectivity index (χ3n) is 4.00. The van der Waals surface area contributed by atoms with E-state index in [2.05, 4.69) is 10.2 Å². The number of halogens is 1. The molecule has 1 aliphatic rings. The summed E-state index contributed by atoms with van der Waals surface area (Å²) in [6.07, 6.45) is 1.11. The summed E-state index contributed by atoms with van der Waals surface area (Å²) >= 11 is 0.879. The predicted octanol–water partition coefficient (Wildman–Crippen LogP) is 2.24. The van der Waals surface area contributed by atoms with Crippen molar-refractivity contribution in [3.05, 3.63) is 65.5 Å². The Hall–Kier alpha value is -3.53. The van der Waals surface area contributed by atoms with E-state index in [1.165, 1.54) is 42.6 Å². The number of anilines is 1. The predicted molar refractivity (Wildman–Crippen MR) is 108 cm³/mol. The lowest BCUT2D eigenvalue weighted by Gasteiger charge is -2.14. The third kappa shape index (κ3) is 4.66. The first-order valence-corrected chi connectivity index (χ1v) is 9.22. The number of thioether (sulfide) groups is 1. The van der Waals surface area contributed by atoms with Crippen molar-refractivity contribution < 1.29 is 23.9 Å². The molecule has 3 rings (SSSR count). The van der Waals surface area contributed by atoms with Crippen LogP contribution in [0, 0.1) is 5.82 Å². The van der Waals surface area contributed by atoms with Crippen LogP contribution in [0.4, 0.5) is 10.1 Å². The minimum Gasteiger partial charge on any atom is -0.478 e. The Morgan fingerprint density at radius 1 is 1.21 bits per heavy atom. The average molecular weight is 414 g/mol. The maximum atomic E-state index is 13.5. The molecular weight excluding hydrogens is 399 g/mol. The molecule has 148 valence electrons. The van der Waals surface area contributed by atoms with Crippen LogP contribution in [0.15, 0.2) is 58.7 Å². The van der Waals surface area contributed by atoms with E-state index in [-0.39, 0.29) is 28.4 Å². The Morgan fingerprint density at radius 3 is 2.55 bits per heavy atom. The van der Waals surface area contributed by atoms with Gasteiger partial charge in [0.25, 0.3) is 0 Å². The summed E-state index contributed by atoms with van der Waals surface area (Å²) in [6.45, 7) is 0. The number of amidine groups is 1. The van der Waals surface area contributed by atoms with E-state index in [4.69, 9.17) is 10.8 Å². The summed E-state index contributed by atoms with van der Waals surface area (Å²) < 4.78 is 13.5. The Balaban J connectivity index is 1.67. The number of carboxylic acid groups (broad SMARTS) is 1. The second kappa shape index (κ2) is 8.65. The van der Waals surface area contributed by atoms with Crippen molar-refractivity contribution in [2.45, 2.75) is 11.7 Å². The maximum absolute atomic E-state index is 13.5. The highest BCUT2D eigenvalue weighted by Gasteiger charge is 2.40. The van der Waals surface area contributed by atoms with E-state index in [9.17, 15) is 18.8 Å². The molecule has 0 saturated carbocycles. The van der Waals surface area contributed by atoms with Crippen LogP contribution >= 0.6 is 11.8 Å². The van der Waals surface area contributed by atoms with Crippen molar-refractivity contribution in [2.24, 2.45) is 15.9 Å². The first-order chi connectivity index (χ1) is 13.9. The fraction of sp³-hybridized carbons (Fsp3) is 0.105. The van der Waals surface area contributed by atoms with E-state index in [0.29, 0.717) is 0 Å². The number of benzene rings is 2. The quantitative estimate of drug-likeness (QED) is 0.334. The zero-order chi connectivity index (χ0) is 21.0. The van der Waals surface area contributed by atoms with Gasteiger partial charge in [0.2, 0.25) is 11.8 Å². The number of hydrogen-bond acceptors (Lipinski definition) is 6. The Morgan fingerprint density at radius 2 is 1.90 bits per heavy atom. The lowest BCUT2D eigenvalue weighted by molar-refractivity contribution is -0.121. The largest absolute Gasteiger partial charge is 0.478 e. The Labute approximate surface area is 168 Å². The van der Waals surface area contributed by atoms with E-state index >= 15 is 0 Å². The molecule has 0 bridgehead atoms. The van der Waals surface area contributed by atoms with Crippen molar-refractivity contribution >= 4 is 46.6 Å². The lowest BCUT2D eigenvalue weighted by Crippen LogP contribution is -2.31. The first kappa shape index (κ1) is 20.2. The molecule has 0 radical (unpaired) electrons. The van der Waals surface area contributed by atoms with Gasteiger partial charge >= 0.3 is 5.97 Å². The molecule has 1 heterocycles. The van der Waals surface area contributed by atoms with Crippen LogP contribution in [0.3, 0.4) is 0 Å². The van der Waals surface area contributed by atoms with Crippen LogP contribution in [0.2, 0.25) is 0 Å². The molecule has 1 unspecified atom stereocenters. The Kier molecular flexibility index (Phi) is 6.03. The van der Waals surface area contributed by atoms with E-state index < -0.39 is 28.9 Å². The molecule has 10 heteroatoms. The summed E-state index contributed by atoms with van der Waals surface area (Å²) in [5.41, 5.74) is 6.32. The molecule has 1 atom stereocenters. The van der Waals surface area contributed by atoms with Gasteiger partial charge in [-0.1, -0.05) is 30.0 Å². The molecule has 2 amide bonds. The molecule has 1 saturated heterocycles. The number of hydrogen-bond donors (Lipinski definition) is 2. The molecule has 29 heavy (non-hydrogen) atoms. The van der Waals surface area contributed by atoms with Gasteiger partial charge in [-0.2, -0.15) is 5.10 Å². The highest BCUT2D eigenvalue weighted by molar-refractivity contribution is 8.14. The van der Waals surface area contributed by atoms with Crippen molar-refractivity contribution in [2.75, 3.05) is 4.90 Å². The highest BCUT2D eigenvalue weighted by atomic mass is 32.2. The van der Waals surface area contributed by atoms with Crippen LogP contribution < -0.4 is 10.6 Å². The van der Waals surface area contributed by atoms with Gasteiger partial charge in [0.05, 0.1) is 17.5 Å². The van der Waals surface area contributed by atoms with Gasteiger partial charge in [-0.05, 0) is 30.3 Å². The monoisotopic (exact) mass is 414 g/mol. The number of carbonyl (C=O) groups excluding carboxylic acids is 2. The lowest BCUT2D eigenvalue weighted by atomic mass is 10.2. The molecule has 3 N–H and O–H groups in total. The number of carbonyl (C=O) groups is 3. The Bertz CT molecular complexity index is 1020. The van der Waals surface area contributed by atoms with Gasteiger partial charge in [-0.15, -0.1) is 5.10 Å². The third-order valence-corrected chi connectivity index (χ3v) is 4.97. The average Bonchev–Trinajstić information content (AvgIpc) is 2.96. The van der Waals surface area contributed by atoms with Crippen molar-refractivity contribution in [3.63, 3.8) is 0 Å². The van der Waals surface area contributed by atoms with Crippen LogP contribution in [0.1, 0.15) is 22.3 Å². The fourth-order valence-electron chi connectivity index (χ4n) is 2.62. The topological polar surface area (TPSA) is 125 Å². The van der Waals surface area contributed by atoms with Gasteiger partial charge in [0, 0.05) is 12.0 Å². The van der Waals surface area contributed by atoms with Crippen LogP contribution in [-0.2, 0) is 9.59 Å². The summed E-state index contributed by atoms with van der Waals surface area (Å²) in [7, 11) is 0. The standard InChI is InChI=1S/C19H15FN4O4S/c20-14-4-2-1-3-12(14)10-22-23-19(21)29-15-9-16(25)24(17(15)26)13-7-5-11(6-8-13)18(27)28/h1-8,10,15H,9H2,(H2,21,23)(H,27,28)/b22-10+. The minimum absolute atomic E-state index is 0.0443. The summed E-state index contributed by atoms with van der Waals surface area (Å²) in [4.78, 5) is 36.7. The van der Waals surface area contributed by atoms with Gasteiger partial charge in [0.1, 0.15) is 11.1 Å². The molecule has 1 aliphatic heterocycles. The molecule has 1 fully saturated rings. The molecular formula is C19H15FN4O4S. The second-order valence-electron chi connectivity index (χ2n) is 5.93. The number of amides is 2.